The molecule has 0 bridgehead atoms. The topological polar surface area (TPSA) is 9.23 Å². The molecule has 0 fully saturated rings. The molecule has 0 radical (unpaired) electrons. The summed E-state index contributed by atoms with van der Waals surface area (Å²) in [6.45, 7) is 0. The van der Waals surface area contributed by atoms with E-state index in [1.165, 1.54) is 19.2 Å². The molecule has 84 valence electrons. The van der Waals surface area contributed by atoms with Gasteiger partial charge in [0, 0.05) is 10.9 Å². The third-order valence-corrected chi connectivity index (χ3v) is 4.08. The first kappa shape index (κ1) is 13.0. The maximum absolute atomic E-state index is 13.4. The monoisotopic (exact) mass is 390 g/mol. The van der Waals surface area contributed by atoms with E-state index < -0.39 is 24.7 Å². The molecule has 1 aromatic rings. The zero-order valence-corrected chi connectivity index (χ0v) is 11.8. The van der Waals surface area contributed by atoms with E-state index >= 15 is 0 Å². The predicted molar refractivity (Wildman–Crippen MR) is 70.7 cm³/mol. The van der Waals surface area contributed by atoms with Crippen molar-refractivity contribution >= 4 is 41.2 Å². The Hall–Kier alpha value is -0.0400. The first-order chi connectivity index (χ1) is 7.03. The Bertz CT molecular complexity index is 346. The van der Waals surface area contributed by atoms with Crippen molar-refractivity contribution in [3.05, 3.63) is 29.3 Å². The molecule has 1 aromatic carbocycles. The van der Waals surface area contributed by atoms with Gasteiger partial charge in [-0.25, -0.2) is 0 Å². The predicted octanol–water partition coefficient (Wildman–Crippen LogP) is 4.04. The van der Waals surface area contributed by atoms with Crippen LogP contribution in [-0.4, -0.2) is 11.6 Å². The molecule has 0 unspecified atom stereocenters. The van der Waals surface area contributed by atoms with Crippen LogP contribution in [-0.2, 0) is 9.26 Å². The number of alkyl halides is 4. The van der Waals surface area contributed by atoms with Gasteiger partial charge < -0.3 is 4.74 Å². The third kappa shape index (κ3) is 3.21. The molecule has 15 heavy (non-hydrogen) atoms. The second kappa shape index (κ2) is 5.34. The summed E-state index contributed by atoms with van der Waals surface area (Å²) in [5, 5.41) is 0.530. The third-order valence-electron chi connectivity index (χ3n) is 1.85. The van der Waals surface area contributed by atoms with E-state index in [1.807, 2.05) is 0 Å². The minimum Gasteiger partial charge on any atom is -0.497 e. The molecule has 5 heteroatoms. The standard InChI is InChI=1S/C10H10BrF2IO/c1-14-10(12,13)8-3-7(6-11)4-9(5-8)15-2/h3-5H,1,6H2,2H3. The fourth-order valence-electron chi connectivity index (χ4n) is 1.10. The van der Waals surface area contributed by atoms with Gasteiger partial charge in [0.1, 0.15) is 5.75 Å². The largest absolute Gasteiger partial charge is 0.497 e. The number of hydrogen-bond donors (Lipinski definition) is 0. The van der Waals surface area contributed by atoms with Crippen molar-refractivity contribution in [2.45, 2.75) is 9.26 Å². The van der Waals surface area contributed by atoms with E-state index in [-0.39, 0.29) is 5.56 Å². The Balaban J connectivity index is 3.23. The van der Waals surface area contributed by atoms with Gasteiger partial charge in [-0.05, 0) is 44.5 Å². The summed E-state index contributed by atoms with van der Waals surface area (Å²) < 4.78 is 32.4. The number of ether oxygens (including phenoxy) is 1. The molecule has 0 aromatic heterocycles. The Kier molecular flexibility index (Phi) is 4.64. The maximum atomic E-state index is 13.4. The highest BCUT2D eigenvalue weighted by Gasteiger charge is 2.28. The Morgan fingerprint density at radius 2 is 2.13 bits per heavy atom. The zero-order valence-electron chi connectivity index (χ0n) is 8.07. The first-order valence-electron chi connectivity index (χ1n) is 4.05. The van der Waals surface area contributed by atoms with E-state index in [0.717, 1.165) is 5.56 Å². The molecule has 0 aliphatic heterocycles. The lowest BCUT2D eigenvalue weighted by atomic mass is 10.1. The van der Waals surface area contributed by atoms with Gasteiger partial charge in [0.15, 0.2) is 0 Å². The van der Waals surface area contributed by atoms with Crippen LogP contribution in [0.2, 0.25) is 0 Å². The number of hydrogen-bond acceptors (Lipinski definition) is 1. The van der Waals surface area contributed by atoms with Gasteiger partial charge >= 0.3 is 3.93 Å². The van der Waals surface area contributed by atoms with E-state index in [1.54, 1.807) is 6.07 Å². The normalized spacial score (nSPS) is 11.5. The Morgan fingerprint density at radius 1 is 1.47 bits per heavy atom. The van der Waals surface area contributed by atoms with Crippen LogP contribution < -0.4 is 4.74 Å². The molecule has 0 heterocycles. The summed E-state index contributed by atoms with van der Waals surface area (Å²) in [6, 6.07) is 4.59. The lowest BCUT2D eigenvalue weighted by Crippen LogP contribution is -2.04. The van der Waals surface area contributed by atoms with E-state index in [4.69, 9.17) is 4.74 Å². The first-order valence-corrected chi connectivity index (χ1v) is 7.78. The number of benzene rings is 1. The molecule has 0 spiro atoms. The van der Waals surface area contributed by atoms with Crippen LogP contribution in [0, 0.1) is 0 Å². The summed E-state index contributed by atoms with van der Waals surface area (Å²) in [5.74, 6) is 0.457. The fourth-order valence-corrected chi connectivity index (χ4v) is 2.17. The summed E-state index contributed by atoms with van der Waals surface area (Å²) in [4.78, 5) is 0. The smallest absolute Gasteiger partial charge is 0.316 e. The summed E-state index contributed by atoms with van der Waals surface area (Å²) in [6.07, 6.45) is 0. The van der Waals surface area contributed by atoms with Crippen molar-refractivity contribution in [2.75, 3.05) is 7.11 Å². The molecule has 0 aliphatic rings. The summed E-state index contributed by atoms with van der Waals surface area (Å²) in [7, 11) is 1.47. The zero-order chi connectivity index (χ0) is 11.5. The van der Waals surface area contributed by atoms with Crippen molar-refractivity contribution in [3.63, 3.8) is 0 Å². The quantitative estimate of drug-likeness (QED) is 0.556. The van der Waals surface area contributed by atoms with Crippen LogP contribution in [0.25, 0.3) is 0 Å². The van der Waals surface area contributed by atoms with Crippen molar-refractivity contribution in [1.82, 2.24) is 0 Å². The molecule has 1 nitrogen and oxygen atoms in total. The summed E-state index contributed by atoms with van der Waals surface area (Å²) in [5.41, 5.74) is 0.778. The SMILES string of the molecule is C=IC(F)(F)c1cc(CBr)cc(OC)c1. The molecule has 0 N–H and O–H groups in total. The molecule has 0 aliphatic carbocycles. The van der Waals surface area contributed by atoms with Gasteiger partial charge in [-0.15, -0.1) is 0 Å². The van der Waals surface area contributed by atoms with Crippen LogP contribution in [0.15, 0.2) is 18.2 Å². The van der Waals surface area contributed by atoms with Gasteiger partial charge in [0.05, 0.1) is 7.11 Å². The number of halogens is 4. The fraction of sp³-hybridized carbons (Fsp3) is 0.300. The van der Waals surface area contributed by atoms with Crippen molar-refractivity contribution in [2.24, 2.45) is 0 Å². The van der Waals surface area contributed by atoms with Crippen molar-refractivity contribution in [3.8, 4) is 5.75 Å². The molecule has 0 saturated heterocycles. The Labute approximate surface area is 106 Å². The highest BCUT2D eigenvalue weighted by atomic mass is 127. The second-order valence-electron chi connectivity index (χ2n) is 2.83. The average Bonchev–Trinajstić information content (AvgIpc) is 2.28. The number of rotatable bonds is 4. The van der Waals surface area contributed by atoms with Crippen LogP contribution in [0.1, 0.15) is 11.1 Å². The van der Waals surface area contributed by atoms with Gasteiger partial charge in [-0.1, -0.05) is 20.4 Å². The molecule has 1 rings (SSSR count). The molecular formula is C10H10BrF2IO. The lowest BCUT2D eigenvalue weighted by Gasteiger charge is -2.13. The maximum Gasteiger partial charge on any atom is 0.316 e. The minimum atomic E-state index is -2.79. The number of methoxy groups -OCH3 is 1. The van der Waals surface area contributed by atoms with E-state index in [9.17, 15) is 8.78 Å². The van der Waals surface area contributed by atoms with Crippen LogP contribution in [0.4, 0.5) is 8.78 Å². The highest BCUT2D eigenvalue weighted by Crippen LogP contribution is 2.40. The minimum absolute atomic E-state index is 0.000833. The van der Waals surface area contributed by atoms with Crippen LogP contribution in [0.3, 0.4) is 0 Å². The average molecular weight is 391 g/mol. The van der Waals surface area contributed by atoms with E-state index in [2.05, 4.69) is 20.4 Å². The molecule has 0 atom stereocenters. The van der Waals surface area contributed by atoms with Gasteiger partial charge in [0.2, 0.25) is 0 Å². The van der Waals surface area contributed by atoms with Gasteiger partial charge in [0.25, 0.3) is 0 Å². The molecule has 0 amide bonds. The van der Waals surface area contributed by atoms with Crippen molar-refractivity contribution < 1.29 is 13.5 Å². The molecular weight excluding hydrogens is 381 g/mol. The second-order valence-corrected chi connectivity index (χ2v) is 5.51. The molecule has 0 saturated carbocycles. The summed E-state index contributed by atoms with van der Waals surface area (Å²) >= 11 is 1.83. The van der Waals surface area contributed by atoms with E-state index in [0.29, 0.717) is 11.1 Å². The van der Waals surface area contributed by atoms with Gasteiger partial charge in [-0.3, -0.25) is 0 Å². The van der Waals surface area contributed by atoms with Crippen molar-refractivity contribution in [1.29, 1.82) is 0 Å². The highest BCUT2D eigenvalue weighted by molar-refractivity contribution is 14.2. The Morgan fingerprint density at radius 3 is 2.60 bits per heavy atom. The van der Waals surface area contributed by atoms with Crippen LogP contribution >= 0.6 is 36.7 Å². The van der Waals surface area contributed by atoms with Gasteiger partial charge in [-0.2, -0.15) is 8.78 Å². The lowest BCUT2D eigenvalue weighted by molar-refractivity contribution is 0.127. The van der Waals surface area contributed by atoms with Crippen LogP contribution in [0.5, 0.6) is 5.75 Å².